The highest BCUT2D eigenvalue weighted by Gasteiger charge is 2.49. The molecule has 118 valence electrons. The zero-order chi connectivity index (χ0) is 15.8. The second kappa shape index (κ2) is 5.57. The third-order valence-electron chi connectivity index (χ3n) is 4.52. The molecule has 1 heterocycles. The first-order valence-electron chi connectivity index (χ1n) is 7.27. The van der Waals surface area contributed by atoms with E-state index in [1.165, 1.54) is 11.3 Å². The Balaban J connectivity index is 2.03. The minimum atomic E-state index is -0.959. The zero-order valence-corrected chi connectivity index (χ0v) is 14.1. The average molecular weight is 312 g/mol. The van der Waals surface area contributed by atoms with Crippen LogP contribution in [0.1, 0.15) is 46.7 Å². The van der Waals surface area contributed by atoms with Gasteiger partial charge in [-0.2, -0.15) is 0 Å². The summed E-state index contributed by atoms with van der Waals surface area (Å²) in [7, 11) is 0. The number of ether oxygens (including phenoxy) is 1. The Morgan fingerprint density at radius 1 is 1.62 bits per heavy atom. The number of carbonyl (C=O) groups is 1. The fourth-order valence-electron chi connectivity index (χ4n) is 2.50. The summed E-state index contributed by atoms with van der Waals surface area (Å²) < 4.78 is 5.72. The number of thiazole rings is 1. The average Bonchev–Trinajstić information content (AvgIpc) is 2.86. The fraction of sp³-hybridized carbons (Fsp3) is 0.733. The molecule has 21 heavy (non-hydrogen) atoms. The highest BCUT2D eigenvalue weighted by molar-refractivity contribution is 7.13. The van der Waals surface area contributed by atoms with Crippen molar-refractivity contribution in [3.05, 3.63) is 11.1 Å². The van der Waals surface area contributed by atoms with E-state index < -0.39 is 11.4 Å². The predicted molar refractivity (Wildman–Crippen MR) is 84.0 cm³/mol. The monoisotopic (exact) mass is 312 g/mol. The van der Waals surface area contributed by atoms with Crippen molar-refractivity contribution in [2.24, 2.45) is 5.41 Å². The van der Waals surface area contributed by atoms with Crippen LogP contribution in [0, 0.1) is 5.41 Å². The SMILES string of the molecule is CCOC1CC(Nc2nc(C(C)(C)C(=O)O)cs2)C1(C)C. The van der Waals surface area contributed by atoms with E-state index in [1.807, 2.05) is 12.3 Å². The first kappa shape index (κ1) is 16.2. The van der Waals surface area contributed by atoms with Crippen LogP contribution in [0.25, 0.3) is 0 Å². The molecule has 1 aliphatic rings. The second-order valence-electron chi connectivity index (χ2n) is 6.67. The molecule has 1 aromatic heterocycles. The molecule has 2 N–H and O–H groups in total. The number of hydrogen-bond donors (Lipinski definition) is 2. The Bertz CT molecular complexity index is 525. The van der Waals surface area contributed by atoms with Crippen LogP contribution in [-0.4, -0.2) is 34.8 Å². The molecule has 0 aliphatic heterocycles. The minimum Gasteiger partial charge on any atom is -0.481 e. The Morgan fingerprint density at radius 3 is 2.81 bits per heavy atom. The number of carboxylic acid groups (broad SMARTS) is 1. The van der Waals surface area contributed by atoms with Crippen molar-refractivity contribution in [1.29, 1.82) is 0 Å². The van der Waals surface area contributed by atoms with Crippen molar-refractivity contribution in [3.8, 4) is 0 Å². The second-order valence-corrected chi connectivity index (χ2v) is 7.52. The third-order valence-corrected chi connectivity index (χ3v) is 5.30. The Hall–Kier alpha value is -1.14. The summed E-state index contributed by atoms with van der Waals surface area (Å²) >= 11 is 1.46. The van der Waals surface area contributed by atoms with Crippen LogP contribution in [0.5, 0.6) is 0 Å². The molecule has 5 nitrogen and oxygen atoms in total. The Morgan fingerprint density at radius 2 is 2.29 bits per heavy atom. The van der Waals surface area contributed by atoms with Crippen LogP contribution in [0.3, 0.4) is 0 Å². The smallest absolute Gasteiger partial charge is 0.315 e. The van der Waals surface area contributed by atoms with Gasteiger partial charge < -0.3 is 15.2 Å². The van der Waals surface area contributed by atoms with Crippen molar-refractivity contribution in [2.45, 2.75) is 58.6 Å². The van der Waals surface area contributed by atoms with Gasteiger partial charge in [0.25, 0.3) is 0 Å². The van der Waals surface area contributed by atoms with Crippen LogP contribution in [0.15, 0.2) is 5.38 Å². The van der Waals surface area contributed by atoms with Crippen LogP contribution in [-0.2, 0) is 14.9 Å². The molecule has 2 rings (SSSR count). The summed E-state index contributed by atoms with van der Waals surface area (Å²) in [5.74, 6) is -0.861. The summed E-state index contributed by atoms with van der Waals surface area (Å²) in [6.07, 6.45) is 1.23. The number of hydrogen-bond acceptors (Lipinski definition) is 5. The van der Waals surface area contributed by atoms with Crippen LogP contribution in [0.2, 0.25) is 0 Å². The molecule has 6 heteroatoms. The molecule has 1 aromatic rings. The molecule has 1 fully saturated rings. The number of rotatable bonds is 6. The zero-order valence-electron chi connectivity index (χ0n) is 13.3. The van der Waals surface area contributed by atoms with E-state index in [0.29, 0.717) is 11.7 Å². The van der Waals surface area contributed by atoms with Gasteiger partial charge >= 0.3 is 5.97 Å². The van der Waals surface area contributed by atoms with Crippen LogP contribution < -0.4 is 5.32 Å². The predicted octanol–water partition coefficient (Wildman–Crippen LogP) is 3.12. The van der Waals surface area contributed by atoms with Gasteiger partial charge in [-0.3, -0.25) is 4.79 Å². The van der Waals surface area contributed by atoms with Crippen molar-refractivity contribution in [3.63, 3.8) is 0 Å². The fourth-order valence-corrected chi connectivity index (χ4v) is 3.43. The highest BCUT2D eigenvalue weighted by Crippen LogP contribution is 2.44. The van der Waals surface area contributed by atoms with Gasteiger partial charge in [0.1, 0.15) is 5.41 Å². The van der Waals surface area contributed by atoms with E-state index in [4.69, 9.17) is 4.74 Å². The van der Waals surface area contributed by atoms with Crippen molar-refractivity contribution >= 4 is 22.4 Å². The minimum absolute atomic E-state index is 0.0597. The third kappa shape index (κ3) is 2.92. The summed E-state index contributed by atoms with van der Waals surface area (Å²) in [6, 6.07) is 0.306. The van der Waals surface area contributed by atoms with Crippen LogP contribution in [0.4, 0.5) is 5.13 Å². The van der Waals surface area contributed by atoms with Crippen molar-refractivity contribution < 1.29 is 14.6 Å². The van der Waals surface area contributed by atoms with Gasteiger partial charge in [0.05, 0.1) is 11.8 Å². The lowest BCUT2D eigenvalue weighted by Gasteiger charge is -2.51. The normalized spacial score (nSPS) is 24.4. The molecule has 0 radical (unpaired) electrons. The van der Waals surface area contributed by atoms with E-state index in [0.717, 1.165) is 18.2 Å². The lowest BCUT2D eigenvalue weighted by Crippen LogP contribution is -2.58. The standard InChI is InChI=1S/C15H24N2O3S/c1-6-20-11-7-9(14(11,2)3)16-13-17-10(8-21-13)15(4,5)12(18)19/h8-9,11H,6-7H2,1-5H3,(H,16,17)(H,18,19). The van der Waals surface area contributed by atoms with Crippen molar-refractivity contribution in [1.82, 2.24) is 4.98 Å². The van der Waals surface area contributed by atoms with Gasteiger partial charge in [0.2, 0.25) is 0 Å². The topological polar surface area (TPSA) is 71.5 Å². The van der Waals surface area contributed by atoms with Gasteiger partial charge in [-0.15, -0.1) is 11.3 Å². The van der Waals surface area contributed by atoms with Gasteiger partial charge in [-0.05, 0) is 27.2 Å². The summed E-state index contributed by atoms with van der Waals surface area (Å²) in [6.45, 7) is 10.5. The number of nitrogens with zero attached hydrogens (tertiary/aromatic N) is 1. The number of nitrogens with one attached hydrogen (secondary N) is 1. The van der Waals surface area contributed by atoms with Gasteiger partial charge in [-0.25, -0.2) is 4.98 Å². The number of anilines is 1. The highest BCUT2D eigenvalue weighted by atomic mass is 32.1. The van der Waals surface area contributed by atoms with Crippen LogP contribution >= 0.6 is 11.3 Å². The lowest BCUT2D eigenvalue weighted by atomic mass is 9.64. The number of carboxylic acids is 1. The molecule has 0 aromatic carbocycles. The molecule has 0 spiro atoms. The van der Waals surface area contributed by atoms with Gasteiger partial charge in [-0.1, -0.05) is 13.8 Å². The molecule has 0 saturated heterocycles. The first-order chi connectivity index (χ1) is 9.69. The molecule has 2 atom stereocenters. The molecule has 0 bridgehead atoms. The van der Waals surface area contributed by atoms with E-state index >= 15 is 0 Å². The van der Waals surface area contributed by atoms with E-state index in [1.54, 1.807) is 13.8 Å². The first-order valence-corrected chi connectivity index (χ1v) is 8.15. The Labute approximate surface area is 129 Å². The molecular weight excluding hydrogens is 288 g/mol. The summed E-state index contributed by atoms with van der Waals surface area (Å²) in [4.78, 5) is 15.7. The number of aliphatic carboxylic acids is 1. The maximum Gasteiger partial charge on any atom is 0.315 e. The molecular formula is C15H24N2O3S. The molecule has 1 saturated carbocycles. The van der Waals surface area contributed by atoms with E-state index in [9.17, 15) is 9.90 Å². The van der Waals surface area contributed by atoms with E-state index in [-0.39, 0.29) is 11.5 Å². The quantitative estimate of drug-likeness (QED) is 0.844. The molecule has 0 amide bonds. The maximum atomic E-state index is 11.3. The molecule has 1 aliphatic carbocycles. The summed E-state index contributed by atoms with van der Waals surface area (Å²) in [5, 5.41) is 15.3. The largest absolute Gasteiger partial charge is 0.481 e. The van der Waals surface area contributed by atoms with Gasteiger partial charge in [0.15, 0.2) is 5.13 Å². The summed E-state index contributed by atoms with van der Waals surface area (Å²) in [5.41, 5.74) is -0.301. The van der Waals surface area contributed by atoms with E-state index in [2.05, 4.69) is 24.1 Å². The Kier molecular flexibility index (Phi) is 4.31. The lowest BCUT2D eigenvalue weighted by molar-refractivity contribution is -0.142. The van der Waals surface area contributed by atoms with Crippen molar-refractivity contribution in [2.75, 3.05) is 11.9 Å². The maximum absolute atomic E-state index is 11.3. The number of aromatic nitrogens is 1. The van der Waals surface area contributed by atoms with Gasteiger partial charge in [0, 0.05) is 23.4 Å². The molecule has 2 unspecified atom stereocenters.